The van der Waals surface area contributed by atoms with Crippen molar-refractivity contribution in [2.45, 2.75) is 206 Å². The Balaban J connectivity index is 3.92. The van der Waals surface area contributed by atoms with Gasteiger partial charge in [-0.3, -0.25) is 18.6 Å². The van der Waals surface area contributed by atoms with Gasteiger partial charge in [0.05, 0.1) is 6.61 Å². The number of hydrogen-bond acceptors (Lipinski definition) is 7. The van der Waals surface area contributed by atoms with Crippen molar-refractivity contribution in [1.29, 1.82) is 0 Å². The average molecular weight is 703 g/mol. The van der Waals surface area contributed by atoms with E-state index < -0.39 is 26.5 Å². The third kappa shape index (κ3) is 34.6. The van der Waals surface area contributed by atoms with Crippen LogP contribution in [0.2, 0.25) is 0 Å². The number of esters is 2. The number of phosphoric ester groups is 1. The zero-order chi connectivity index (χ0) is 35.4. The van der Waals surface area contributed by atoms with Crippen molar-refractivity contribution in [3.63, 3.8) is 0 Å². The first-order valence-corrected chi connectivity index (χ1v) is 21.4. The Labute approximate surface area is 295 Å². The maximum absolute atomic E-state index is 12.4. The number of carbonyl (C=O) groups excluding carboxylic acids is 2. The second-order valence-corrected chi connectivity index (χ2v) is 15.0. The van der Waals surface area contributed by atoms with Gasteiger partial charge in [-0.05, 0) is 32.1 Å². The van der Waals surface area contributed by atoms with Crippen LogP contribution in [0.4, 0.5) is 0 Å². The summed E-state index contributed by atoms with van der Waals surface area (Å²) in [6.45, 7) is 3.83. The van der Waals surface area contributed by atoms with Gasteiger partial charge in [0.15, 0.2) is 6.10 Å². The Morgan fingerprint density at radius 1 is 0.562 bits per heavy atom. The van der Waals surface area contributed by atoms with Crippen LogP contribution < -0.4 is 0 Å². The lowest BCUT2D eigenvalue weighted by Gasteiger charge is -2.19. The first-order chi connectivity index (χ1) is 23.3. The van der Waals surface area contributed by atoms with E-state index in [-0.39, 0.29) is 19.0 Å². The molecular weight excluding hydrogens is 627 g/mol. The monoisotopic (exact) mass is 703 g/mol. The normalized spacial score (nSPS) is 13.5. The van der Waals surface area contributed by atoms with Crippen LogP contribution in [0, 0.1) is 0 Å². The molecule has 0 spiro atoms. The molecule has 0 aromatic carbocycles. The van der Waals surface area contributed by atoms with Crippen molar-refractivity contribution in [2.24, 2.45) is 0 Å². The Morgan fingerprint density at radius 3 is 1.44 bits per heavy atom. The van der Waals surface area contributed by atoms with Crippen LogP contribution in [-0.4, -0.2) is 43.3 Å². The molecule has 1 N–H and O–H groups in total. The Morgan fingerprint density at radius 2 is 0.979 bits per heavy atom. The molecule has 9 heteroatoms. The minimum absolute atomic E-state index is 0.223. The molecule has 0 aliphatic heterocycles. The lowest BCUT2D eigenvalue weighted by molar-refractivity contribution is -0.161. The van der Waals surface area contributed by atoms with Gasteiger partial charge in [0, 0.05) is 20.0 Å². The molecular formula is C39H75O8P. The maximum Gasteiger partial charge on any atom is 0.472 e. The standard InChI is InChI=1S/C39H75O8P/c1-4-6-8-10-12-14-16-17-18-19-20-21-22-23-24-26-27-29-31-33-38(40)45-35-37(36-46-48(42,43)44-3)47-39(41)34-32-30-28-25-15-13-11-9-7-5-2/h9,11,37H,4-8,10,12-36H2,1-3H3,(H,42,43)/b11-9-. The number of hydrogen-bond donors (Lipinski definition) is 1. The van der Waals surface area contributed by atoms with Crippen LogP contribution in [0.25, 0.3) is 0 Å². The molecule has 0 saturated heterocycles. The summed E-state index contributed by atoms with van der Waals surface area (Å²) in [5.41, 5.74) is 0. The molecule has 0 amide bonds. The van der Waals surface area contributed by atoms with Gasteiger partial charge >= 0.3 is 19.8 Å². The molecule has 0 bridgehead atoms. The zero-order valence-electron chi connectivity index (χ0n) is 31.4. The Bertz CT molecular complexity index is 803. The highest BCUT2D eigenvalue weighted by Gasteiger charge is 2.24. The van der Waals surface area contributed by atoms with E-state index in [4.69, 9.17) is 14.0 Å². The van der Waals surface area contributed by atoms with Gasteiger partial charge < -0.3 is 14.4 Å². The van der Waals surface area contributed by atoms with Crippen LogP contribution in [0.15, 0.2) is 12.2 Å². The number of unbranched alkanes of at least 4 members (excludes halogenated alkanes) is 24. The van der Waals surface area contributed by atoms with E-state index in [1.165, 1.54) is 109 Å². The van der Waals surface area contributed by atoms with E-state index in [2.05, 4.69) is 30.5 Å². The lowest BCUT2D eigenvalue weighted by atomic mass is 10.0. The minimum atomic E-state index is -4.25. The first kappa shape index (κ1) is 46.8. The molecule has 284 valence electrons. The van der Waals surface area contributed by atoms with Crippen LogP contribution in [0.3, 0.4) is 0 Å². The summed E-state index contributed by atoms with van der Waals surface area (Å²) in [5, 5.41) is 0. The molecule has 48 heavy (non-hydrogen) atoms. The molecule has 2 atom stereocenters. The van der Waals surface area contributed by atoms with Crippen molar-refractivity contribution >= 4 is 19.8 Å². The molecule has 0 aliphatic rings. The molecule has 0 radical (unpaired) electrons. The summed E-state index contributed by atoms with van der Waals surface area (Å²) < 4.78 is 31.8. The largest absolute Gasteiger partial charge is 0.472 e. The van der Waals surface area contributed by atoms with E-state index >= 15 is 0 Å². The highest BCUT2D eigenvalue weighted by molar-refractivity contribution is 7.47. The van der Waals surface area contributed by atoms with Crippen molar-refractivity contribution in [1.82, 2.24) is 0 Å². The fraction of sp³-hybridized carbons (Fsp3) is 0.897. The summed E-state index contributed by atoms with van der Waals surface area (Å²) in [4.78, 5) is 34.3. The van der Waals surface area contributed by atoms with Crippen LogP contribution in [0.1, 0.15) is 200 Å². The summed E-state index contributed by atoms with van der Waals surface area (Å²) in [7, 11) is -3.19. The number of carbonyl (C=O) groups is 2. The minimum Gasteiger partial charge on any atom is -0.462 e. The van der Waals surface area contributed by atoms with Gasteiger partial charge in [-0.1, -0.05) is 167 Å². The van der Waals surface area contributed by atoms with E-state index in [0.29, 0.717) is 12.8 Å². The van der Waals surface area contributed by atoms with Gasteiger partial charge in [-0.25, -0.2) is 4.57 Å². The quantitative estimate of drug-likeness (QED) is 0.0295. The SMILES string of the molecule is CCC/C=C\CCCCCCCC(=O)OC(COC(=O)CCCCCCCCCCCCCCCCCCCCC)COP(=O)(O)OC. The smallest absolute Gasteiger partial charge is 0.462 e. The van der Waals surface area contributed by atoms with Crippen LogP contribution in [-0.2, 0) is 32.7 Å². The van der Waals surface area contributed by atoms with Crippen molar-refractivity contribution in [3.8, 4) is 0 Å². The fourth-order valence-corrected chi connectivity index (χ4v) is 6.12. The maximum atomic E-state index is 12.4. The fourth-order valence-electron chi connectivity index (χ4n) is 5.66. The Hall–Kier alpha value is -1.21. The second kappa shape index (κ2) is 35.6. The molecule has 0 aromatic rings. The molecule has 0 rings (SSSR count). The first-order valence-electron chi connectivity index (χ1n) is 19.9. The van der Waals surface area contributed by atoms with Crippen molar-refractivity contribution < 1.29 is 37.6 Å². The third-order valence-electron chi connectivity index (χ3n) is 8.74. The van der Waals surface area contributed by atoms with Gasteiger partial charge in [0.25, 0.3) is 0 Å². The van der Waals surface area contributed by atoms with Crippen molar-refractivity contribution in [3.05, 3.63) is 12.2 Å². The Kier molecular flexibility index (Phi) is 34.7. The van der Waals surface area contributed by atoms with E-state index in [0.717, 1.165) is 64.9 Å². The van der Waals surface area contributed by atoms with Gasteiger partial charge in [0.1, 0.15) is 6.61 Å². The molecule has 0 fully saturated rings. The zero-order valence-corrected chi connectivity index (χ0v) is 32.3. The molecule has 0 saturated carbocycles. The van der Waals surface area contributed by atoms with Gasteiger partial charge in [0.2, 0.25) is 0 Å². The average Bonchev–Trinajstić information content (AvgIpc) is 3.07. The van der Waals surface area contributed by atoms with E-state index in [1.807, 2.05) is 0 Å². The predicted molar refractivity (Wildman–Crippen MR) is 198 cm³/mol. The van der Waals surface area contributed by atoms with E-state index in [9.17, 15) is 19.0 Å². The highest BCUT2D eigenvalue weighted by atomic mass is 31.2. The van der Waals surface area contributed by atoms with E-state index in [1.54, 1.807) is 0 Å². The summed E-state index contributed by atoms with van der Waals surface area (Å²) in [6.07, 6.45) is 37.0. The lowest BCUT2D eigenvalue weighted by Crippen LogP contribution is -2.29. The number of allylic oxidation sites excluding steroid dienone is 2. The summed E-state index contributed by atoms with van der Waals surface area (Å²) in [6, 6.07) is 0. The third-order valence-corrected chi connectivity index (χ3v) is 9.68. The van der Waals surface area contributed by atoms with Crippen LogP contribution >= 0.6 is 7.82 Å². The predicted octanol–water partition coefficient (Wildman–Crippen LogP) is 12.1. The molecule has 2 unspecified atom stereocenters. The van der Waals surface area contributed by atoms with Crippen molar-refractivity contribution in [2.75, 3.05) is 20.3 Å². The van der Waals surface area contributed by atoms with Gasteiger partial charge in [-0.15, -0.1) is 0 Å². The summed E-state index contributed by atoms with van der Waals surface area (Å²) in [5.74, 6) is -0.808. The second-order valence-electron chi connectivity index (χ2n) is 13.4. The number of phosphoric acid groups is 1. The van der Waals surface area contributed by atoms with Crippen LogP contribution in [0.5, 0.6) is 0 Å². The molecule has 0 aliphatic carbocycles. The topological polar surface area (TPSA) is 108 Å². The molecule has 8 nitrogen and oxygen atoms in total. The molecule has 0 heterocycles. The number of ether oxygens (including phenoxy) is 2. The van der Waals surface area contributed by atoms with Gasteiger partial charge in [-0.2, -0.15) is 0 Å². The molecule has 0 aromatic heterocycles. The summed E-state index contributed by atoms with van der Waals surface area (Å²) >= 11 is 0. The number of rotatable bonds is 37. The highest BCUT2D eigenvalue weighted by Crippen LogP contribution is 2.42.